The minimum absolute atomic E-state index is 0.847. The van der Waals surface area contributed by atoms with E-state index in [1.165, 1.54) is 25.7 Å². The minimum Gasteiger partial charge on any atom is -0.337 e. The highest BCUT2D eigenvalue weighted by Gasteiger charge is 2.44. The maximum atomic E-state index is 4.07. The van der Waals surface area contributed by atoms with Gasteiger partial charge in [-0.15, -0.1) is 6.58 Å². The number of fused-ring (bicyclic) bond motifs is 7. The molecule has 2 aromatic heterocycles. The number of rotatable bonds is 4. The van der Waals surface area contributed by atoms with Gasteiger partial charge < -0.3 is 9.13 Å². The van der Waals surface area contributed by atoms with Gasteiger partial charge >= 0.3 is 0 Å². The van der Waals surface area contributed by atoms with Gasteiger partial charge in [0.1, 0.15) is 0 Å². The van der Waals surface area contributed by atoms with Crippen molar-refractivity contribution in [2.45, 2.75) is 38.8 Å². The standard InChI is InChI=1S/C11H14N2.C10H12.C6H8N2/c1-2-10-5-9(1)6-11(10)7-13-4-3-12-8-13;1-2-9-7-4-5-8(6-7)10(9)3-1;1-2-4-8-5-3-7-6-8/h1-4,8-11H,5-7H2;1-2,4-5,7-10H,3,6H2;2-3,5-6H,1,4H2. The van der Waals surface area contributed by atoms with E-state index in [0.717, 1.165) is 54.5 Å². The molecule has 0 radical (unpaired) electrons. The van der Waals surface area contributed by atoms with Crippen molar-refractivity contribution in [1.29, 1.82) is 0 Å². The lowest BCUT2D eigenvalue weighted by atomic mass is 9.86. The van der Waals surface area contributed by atoms with E-state index in [0.29, 0.717) is 0 Å². The van der Waals surface area contributed by atoms with Crippen LogP contribution in [0.2, 0.25) is 0 Å². The van der Waals surface area contributed by atoms with Crippen molar-refractivity contribution in [3.05, 3.63) is 86.6 Å². The van der Waals surface area contributed by atoms with Gasteiger partial charge in [0.15, 0.2) is 0 Å². The van der Waals surface area contributed by atoms with E-state index in [9.17, 15) is 0 Å². The highest BCUT2D eigenvalue weighted by Crippen LogP contribution is 2.52. The molecule has 4 heteroatoms. The second kappa shape index (κ2) is 9.25. The van der Waals surface area contributed by atoms with Crippen LogP contribution in [-0.2, 0) is 13.1 Å². The summed E-state index contributed by atoms with van der Waals surface area (Å²) in [7, 11) is 0. The molecular weight excluding hydrogens is 380 g/mol. The third-order valence-electron chi connectivity index (χ3n) is 7.78. The Bertz CT molecular complexity index is 921. The molecule has 2 heterocycles. The van der Waals surface area contributed by atoms with E-state index in [1.807, 2.05) is 29.4 Å². The summed E-state index contributed by atoms with van der Waals surface area (Å²) in [5.74, 6) is 6.43. The van der Waals surface area contributed by atoms with E-state index in [2.05, 4.69) is 63.8 Å². The molecule has 0 amide bonds. The Kier molecular flexibility index (Phi) is 6.06. The summed E-state index contributed by atoms with van der Waals surface area (Å²) in [4.78, 5) is 7.93. The van der Waals surface area contributed by atoms with Gasteiger partial charge in [0.05, 0.1) is 12.7 Å². The predicted molar refractivity (Wildman–Crippen MR) is 125 cm³/mol. The molecule has 5 aliphatic carbocycles. The molecule has 5 aliphatic rings. The first kappa shape index (κ1) is 20.3. The van der Waals surface area contributed by atoms with Gasteiger partial charge in [0, 0.05) is 37.9 Å². The van der Waals surface area contributed by atoms with Crippen molar-refractivity contribution in [3.8, 4) is 0 Å². The Balaban J connectivity index is 0.000000102. The van der Waals surface area contributed by atoms with Gasteiger partial charge in [-0.25, -0.2) is 9.97 Å². The van der Waals surface area contributed by atoms with Crippen molar-refractivity contribution in [2.24, 2.45) is 41.4 Å². The van der Waals surface area contributed by atoms with Crippen molar-refractivity contribution in [2.75, 3.05) is 0 Å². The normalized spacial score (nSPS) is 34.9. The third-order valence-corrected chi connectivity index (χ3v) is 7.78. The van der Waals surface area contributed by atoms with Crippen LogP contribution >= 0.6 is 0 Å². The molecule has 0 aliphatic heterocycles. The number of hydrogen-bond donors (Lipinski definition) is 0. The highest BCUT2D eigenvalue weighted by atomic mass is 15.0. The molecule has 7 unspecified atom stereocenters. The van der Waals surface area contributed by atoms with Crippen LogP contribution < -0.4 is 0 Å². The number of nitrogens with zero attached hydrogens (tertiary/aromatic N) is 4. The van der Waals surface area contributed by atoms with Gasteiger partial charge in [0.25, 0.3) is 0 Å². The molecule has 0 aromatic carbocycles. The molecule has 0 saturated heterocycles. The van der Waals surface area contributed by atoms with Gasteiger partial charge in [-0.3, -0.25) is 0 Å². The lowest BCUT2D eigenvalue weighted by Crippen LogP contribution is -2.13. The summed E-state index contributed by atoms with van der Waals surface area (Å²) in [6, 6.07) is 0. The minimum atomic E-state index is 0.847. The molecule has 7 rings (SSSR count). The molecule has 2 fully saturated rings. The average molecular weight is 415 g/mol. The molecule has 0 spiro atoms. The van der Waals surface area contributed by atoms with E-state index in [4.69, 9.17) is 0 Å². The summed E-state index contributed by atoms with van der Waals surface area (Å²) in [6.45, 7) is 5.59. The fourth-order valence-electron chi connectivity index (χ4n) is 6.29. The van der Waals surface area contributed by atoms with Crippen LogP contribution in [-0.4, -0.2) is 19.1 Å². The lowest BCUT2D eigenvalue weighted by molar-refractivity contribution is 0.384. The van der Waals surface area contributed by atoms with Crippen molar-refractivity contribution >= 4 is 0 Å². The fraction of sp³-hybridized carbons (Fsp3) is 0.481. The van der Waals surface area contributed by atoms with Gasteiger partial charge in [-0.2, -0.15) is 0 Å². The molecule has 4 bridgehead atoms. The summed E-state index contributed by atoms with van der Waals surface area (Å²) in [5, 5.41) is 0. The summed E-state index contributed by atoms with van der Waals surface area (Å²) < 4.78 is 4.16. The first-order valence-electron chi connectivity index (χ1n) is 11.9. The Morgan fingerprint density at radius 1 is 0.839 bits per heavy atom. The van der Waals surface area contributed by atoms with Crippen LogP contribution in [0, 0.1) is 41.4 Å². The van der Waals surface area contributed by atoms with Crippen LogP contribution in [0.4, 0.5) is 0 Å². The van der Waals surface area contributed by atoms with Gasteiger partial charge in [-0.05, 0) is 67.1 Å². The quantitative estimate of drug-likeness (QED) is 0.615. The zero-order chi connectivity index (χ0) is 21.0. The SMILES string of the molecule is C1=CC2C3C=CC(C3)C2C1.C1=CC2CC1CC2Cn1ccnc1.C=CCn1ccnc1. The van der Waals surface area contributed by atoms with E-state index < -0.39 is 0 Å². The monoisotopic (exact) mass is 414 g/mol. The second-order valence-corrected chi connectivity index (χ2v) is 9.70. The molecule has 2 aromatic rings. The fourth-order valence-corrected chi connectivity index (χ4v) is 6.29. The second-order valence-electron chi connectivity index (χ2n) is 9.70. The summed E-state index contributed by atoms with van der Waals surface area (Å²) in [5.41, 5.74) is 0. The number of aromatic nitrogens is 4. The Hall–Kier alpha value is -2.62. The van der Waals surface area contributed by atoms with Gasteiger partial charge in [0.2, 0.25) is 0 Å². The molecular formula is C27H34N4. The van der Waals surface area contributed by atoms with Crippen molar-refractivity contribution in [1.82, 2.24) is 19.1 Å². The van der Waals surface area contributed by atoms with Crippen LogP contribution in [0.25, 0.3) is 0 Å². The Labute approximate surface area is 186 Å². The zero-order valence-corrected chi connectivity index (χ0v) is 18.3. The number of allylic oxidation sites excluding steroid dienone is 7. The summed E-state index contributed by atoms with van der Waals surface area (Å²) >= 11 is 0. The van der Waals surface area contributed by atoms with Crippen LogP contribution in [0.1, 0.15) is 25.7 Å². The van der Waals surface area contributed by atoms with Crippen molar-refractivity contribution in [3.63, 3.8) is 0 Å². The third kappa shape index (κ3) is 4.53. The first-order valence-corrected chi connectivity index (χ1v) is 11.9. The average Bonchev–Trinajstić information content (AvgIpc) is 3.61. The smallest absolute Gasteiger partial charge is 0.0948 e. The molecule has 31 heavy (non-hydrogen) atoms. The maximum absolute atomic E-state index is 4.07. The number of hydrogen-bond acceptors (Lipinski definition) is 2. The van der Waals surface area contributed by atoms with Crippen LogP contribution in [0.15, 0.2) is 86.6 Å². The van der Waals surface area contributed by atoms with E-state index >= 15 is 0 Å². The molecule has 0 N–H and O–H groups in total. The number of imidazole rings is 2. The highest BCUT2D eigenvalue weighted by molar-refractivity contribution is 5.21. The molecule has 2 saturated carbocycles. The van der Waals surface area contributed by atoms with Gasteiger partial charge in [-0.1, -0.05) is 42.5 Å². The topological polar surface area (TPSA) is 35.6 Å². The van der Waals surface area contributed by atoms with E-state index in [1.54, 1.807) is 12.5 Å². The Morgan fingerprint density at radius 3 is 2.26 bits per heavy atom. The molecule has 162 valence electrons. The maximum Gasteiger partial charge on any atom is 0.0948 e. The lowest BCUT2D eigenvalue weighted by Gasteiger charge is -2.18. The van der Waals surface area contributed by atoms with Crippen molar-refractivity contribution < 1.29 is 0 Å². The Morgan fingerprint density at radius 2 is 1.61 bits per heavy atom. The largest absolute Gasteiger partial charge is 0.337 e. The van der Waals surface area contributed by atoms with Crippen LogP contribution in [0.3, 0.4) is 0 Å². The zero-order valence-electron chi connectivity index (χ0n) is 18.3. The first-order chi connectivity index (χ1) is 15.3. The predicted octanol–water partition coefficient (Wildman–Crippen LogP) is 5.55. The summed E-state index contributed by atoms with van der Waals surface area (Å²) in [6.07, 6.45) is 33.2. The molecule has 4 nitrogen and oxygen atoms in total. The van der Waals surface area contributed by atoms with E-state index in [-0.39, 0.29) is 0 Å². The van der Waals surface area contributed by atoms with Crippen LogP contribution in [0.5, 0.6) is 0 Å². The molecule has 7 atom stereocenters.